The van der Waals surface area contributed by atoms with Gasteiger partial charge in [-0.1, -0.05) is 30.1 Å². The molecule has 4 rings (SSSR count). The lowest BCUT2D eigenvalue weighted by Gasteiger charge is -2.17. The predicted octanol–water partition coefficient (Wildman–Crippen LogP) is 2.23. The van der Waals surface area contributed by atoms with Gasteiger partial charge >= 0.3 is 0 Å². The highest BCUT2D eigenvalue weighted by atomic mass is 16.6. The van der Waals surface area contributed by atoms with Crippen LogP contribution in [0, 0.1) is 17.0 Å². The predicted molar refractivity (Wildman–Crippen MR) is 98.9 cm³/mol. The van der Waals surface area contributed by atoms with Crippen LogP contribution in [-0.2, 0) is 5.54 Å². The highest BCUT2D eigenvalue weighted by Gasteiger charge is 2.36. The quantitative estimate of drug-likeness (QED) is 0.534. The smallest absolute Gasteiger partial charge is 0.294 e. The normalized spacial score (nSPS) is 15.6. The van der Waals surface area contributed by atoms with Gasteiger partial charge in [0.15, 0.2) is 11.5 Å². The lowest BCUT2D eigenvalue weighted by atomic mass is 9.99. The summed E-state index contributed by atoms with van der Waals surface area (Å²) in [6.45, 7) is 1.64. The minimum absolute atomic E-state index is 0.0518. The van der Waals surface area contributed by atoms with E-state index in [4.69, 9.17) is 10.3 Å². The van der Waals surface area contributed by atoms with Crippen molar-refractivity contribution in [1.82, 2.24) is 19.9 Å². The van der Waals surface area contributed by atoms with Crippen LogP contribution in [0.5, 0.6) is 0 Å². The standard InChI is InChI=1S/C18H18N6O4/c1-11-10-14(25)15(16-20-17(22-28-16)18(19)8-4-5-9-18)21-23(11)12-6-2-3-7-13(12)24(26)27/h2-3,6-7,10H,4-5,8-9,19H2,1H3. The Bertz CT molecular complexity index is 1110. The fourth-order valence-corrected chi connectivity index (χ4v) is 3.49. The molecule has 28 heavy (non-hydrogen) atoms. The lowest BCUT2D eigenvalue weighted by molar-refractivity contribution is -0.384. The Morgan fingerprint density at radius 1 is 1.29 bits per heavy atom. The molecule has 1 saturated carbocycles. The molecule has 3 aromatic rings. The molecule has 0 spiro atoms. The van der Waals surface area contributed by atoms with E-state index in [1.54, 1.807) is 25.1 Å². The maximum Gasteiger partial charge on any atom is 0.294 e. The van der Waals surface area contributed by atoms with E-state index in [-0.39, 0.29) is 23.0 Å². The van der Waals surface area contributed by atoms with Crippen LogP contribution >= 0.6 is 0 Å². The van der Waals surface area contributed by atoms with Gasteiger partial charge in [-0.05, 0) is 25.8 Å². The van der Waals surface area contributed by atoms with Crippen LogP contribution in [-0.4, -0.2) is 24.8 Å². The van der Waals surface area contributed by atoms with Gasteiger partial charge < -0.3 is 10.3 Å². The van der Waals surface area contributed by atoms with Crippen molar-refractivity contribution in [2.24, 2.45) is 5.73 Å². The van der Waals surface area contributed by atoms with E-state index in [0.29, 0.717) is 11.5 Å². The minimum atomic E-state index is -0.663. The fraction of sp³-hybridized carbons (Fsp3) is 0.333. The first-order valence-electron chi connectivity index (χ1n) is 8.87. The van der Waals surface area contributed by atoms with Gasteiger partial charge in [-0.15, -0.1) is 0 Å². The molecule has 1 fully saturated rings. The molecule has 1 aliphatic rings. The Morgan fingerprint density at radius 2 is 2.00 bits per heavy atom. The van der Waals surface area contributed by atoms with Gasteiger partial charge in [-0.25, -0.2) is 4.68 Å². The van der Waals surface area contributed by atoms with E-state index >= 15 is 0 Å². The van der Waals surface area contributed by atoms with Crippen LogP contribution in [0.3, 0.4) is 0 Å². The van der Waals surface area contributed by atoms with E-state index < -0.39 is 15.9 Å². The lowest BCUT2D eigenvalue weighted by Crippen LogP contribution is -2.34. The van der Waals surface area contributed by atoms with Gasteiger partial charge in [-0.2, -0.15) is 10.1 Å². The summed E-state index contributed by atoms with van der Waals surface area (Å²) >= 11 is 0. The van der Waals surface area contributed by atoms with Crippen molar-refractivity contribution in [1.29, 1.82) is 0 Å². The van der Waals surface area contributed by atoms with Crippen molar-refractivity contribution in [3.63, 3.8) is 0 Å². The molecule has 0 atom stereocenters. The minimum Gasteiger partial charge on any atom is -0.332 e. The Kier molecular flexibility index (Phi) is 4.27. The van der Waals surface area contributed by atoms with Crippen molar-refractivity contribution in [2.45, 2.75) is 38.1 Å². The molecule has 0 amide bonds. The molecule has 0 bridgehead atoms. The van der Waals surface area contributed by atoms with Crippen LogP contribution in [0.25, 0.3) is 17.3 Å². The number of hydrogen-bond acceptors (Lipinski definition) is 8. The third-order valence-corrected chi connectivity index (χ3v) is 4.98. The molecule has 10 nitrogen and oxygen atoms in total. The Labute approximate surface area is 159 Å². The largest absolute Gasteiger partial charge is 0.332 e. The van der Waals surface area contributed by atoms with E-state index in [1.807, 2.05) is 0 Å². The molecule has 2 heterocycles. The Morgan fingerprint density at radius 3 is 2.71 bits per heavy atom. The molecule has 1 aromatic carbocycles. The first-order valence-corrected chi connectivity index (χ1v) is 8.87. The summed E-state index contributed by atoms with van der Waals surface area (Å²) in [6.07, 6.45) is 3.45. The molecule has 0 unspecified atom stereocenters. The zero-order valence-electron chi connectivity index (χ0n) is 15.2. The van der Waals surface area contributed by atoms with E-state index in [2.05, 4.69) is 15.2 Å². The molecule has 2 aromatic heterocycles. The molecule has 2 N–H and O–H groups in total. The number of aryl methyl sites for hydroxylation is 1. The summed E-state index contributed by atoms with van der Waals surface area (Å²) in [7, 11) is 0. The number of benzene rings is 1. The van der Waals surface area contributed by atoms with Crippen molar-refractivity contribution in [3.05, 3.63) is 62.2 Å². The molecule has 0 aliphatic heterocycles. The first-order chi connectivity index (χ1) is 13.4. The van der Waals surface area contributed by atoms with Crippen LogP contribution in [0.4, 0.5) is 5.69 Å². The fourth-order valence-electron chi connectivity index (χ4n) is 3.49. The van der Waals surface area contributed by atoms with Crippen LogP contribution in [0.15, 0.2) is 39.6 Å². The molecule has 144 valence electrons. The highest BCUT2D eigenvalue weighted by molar-refractivity contribution is 5.54. The first kappa shape index (κ1) is 18.0. The van der Waals surface area contributed by atoms with E-state index in [1.165, 1.54) is 16.8 Å². The summed E-state index contributed by atoms with van der Waals surface area (Å²) in [5, 5.41) is 19.6. The monoisotopic (exact) mass is 382 g/mol. The highest BCUT2D eigenvalue weighted by Crippen LogP contribution is 2.35. The molecule has 0 radical (unpaired) electrons. The number of nitro benzene ring substituents is 1. The number of para-hydroxylation sites is 2. The molecule has 10 heteroatoms. The number of aromatic nitrogens is 4. The summed E-state index contributed by atoms with van der Waals surface area (Å²) in [6, 6.07) is 7.48. The average Bonchev–Trinajstić information content (AvgIpc) is 3.32. The van der Waals surface area contributed by atoms with Crippen molar-refractivity contribution >= 4 is 5.69 Å². The number of nitrogens with two attached hydrogens (primary N) is 1. The van der Waals surface area contributed by atoms with Gasteiger partial charge in [0.1, 0.15) is 5.69 Å². The third kappa shape index (κ3) is 2.97. The van der Waals surface area contributed by atoms with Crippen LogP contribution in [0.2, 0.25) is 0 Å². The van der Waals surface area contributed by atoms with Gasteiger partial charge in [0, 0.05) is 17.8 Å². The summed E-state index contributed by atoms with van der Waals surface area (Å²) in [5.74, 6) is 0.295. The third-order valence-electron chi connectivity index (χ3n) is 4.98. The van der Waals surface area contributed by atoms with Crippen LogP contribution < -0.4 is 11.2 Å². The summed E-state index contributed by atoms with van der Waals surface area (Å²) in [5.41, 5.74) is 5.72. The van der Waals surface area contributed by atoms with E-state index in [0.717, 1.165) is 25.7 Å². The van der Waals surface area contributed by atoms with Crippen molar-refractivity contribution < 1.29 is 9.45 Å². The number of rotatable bonds is 4. The zero-order valence-corrected chi connectivity index (χ0v) is 15.2. The summed E-state index contributed by atoms with van der Waals surface area (Å²) < 4.78 is 6.59. The molecule has 1 aliphatic carbocycles. The van der Waals surface area contributed by atoms with E-state index in [9.17, 15) is 14.9 Å². The SMILES string of the molecule is Cc1cc(=O)c(-c2nc(C3(N)CCCC3)no2)nn1-c1ccccc1[N+](=O)[O-]. The second kappa shape index (κ2) is 6.64. The molecular weight excluding hydrogens is 364 g/mol. The van der Waals surface area contributed by atoms with Gasteiger partial charge in [0.25, 0.3) is 11.6 Å². The zero-order chi connectivity index (χ0) is 19.9. The van der Waals surface area contributed by atoms with Crippen molar-refractivity contribution in [2.75, 3.05) is 0 Å². The maximum absolute atomic E-state index is 12.5. The average molecular weight is 382 g/mol. The Balaban J connectivity index is 1.83. The van der Waals surface area contributed by atoms with Crippen molar-refractivity contribution in [3.8, 4) is 17.3 Å². The number of hydrogen-bond donors (Lipinski definition) is 1. The van der Waals surface area contributed by atoms with Crippen LogP contribution in [0.1, 0.15) is 37.2 Å². The maximum atomic E-state index is 12.5. The Hall–Kier alpha value is -3.40. The second-order valence-electron chi connectivity index (χ2n) is 6.94. The topological polar surface area (TPSA) is 143 Å². The molecular formula is C18H18N6O4. The van der Waals surface area contributed by atoms with Gasteiger partial charge in [0.05, 0.1) is 10.5 Å². The second-order valence-corrected chi connectivity index (χ2v) is 6.94. The van der Waals surface area contributed by atoms with Gasteiger partial charge in [-0.3, -0.25) is 14.9 Å². The number of nitrogens with zero attached hydrogens (tertiary/aromatic N) is 5. The summed E-state index contributed by atoms with van der Waals surface area (Å²) in [4.78, 5) is 27.6. The number of nitro groups is 1. The molecule has 0 saturated heterocycles. The van der Waals surface area contributed by atoms with Gasteiger partial charge in [0.2, 0.25) is 5.43 Å².